The van der Waals surface area contributed by atoms with Gasteiger partial charge in [-0.2, -0.15) is 0 Å². The second-order valence-electron chi connectivity index (χ2n) is 28.7. The lowest BCUT2D eigenvalue weighted by Crippen LogP contribution is -2.61. The number of aromatic nitrogens is 2. The molecule has 5 aromatic rings. The molecule has 3 aromatic carbocycles. The minimum atomic E-state index is -0.434. The Hall–Kier alpha value is -6.94. The van der Waals surface area contributed by atoms with Crippen LogP contribution >= 0.6 is 0 Å². The molecule has 0 spiro atoms. The number of amides is 4. The van der Waals surface area contributed by atoms with Crippen LogP contribution in [0, 0.1) is 23.5 Å². The van der Waals surface area contributed by atoms with Crippen LogP contribution in [0.2, 0.25) is 0 Å². The van der Waals surface area contributed by atoms with Crippen LogP contribution < -0.4 is 31.6 Å². The molecule has 0 aliphatic carbocycles. The summed E-state index contributed by atoms with van der Waals surface area (Å²) in [6, 6.07) is 24.2. The highest BCUT2D eigenvalue weighted by Crippen LogP contribution is 2.41. The quantitative estimate of drug-likeness (QED) is 0.0759. The number of hydrogen-bond acceptors (Lipinski definition) is 12. The van der Waals surface area contributed by atoms with Gasteiger partial charge in [0.1, 0.15) is 11.6 Å². The number of likely N-dealkylation sites (tertiary alicyclic amines) is 2. The monoisotopic (exact) mass is 1250 g/mol. The van der Waals surface area contributed by atoms with E-state index >= 15 is 0 Å². The number of carbonyl (C=O) groups is 4. The second kappa shape index (κ2) is 27.7. The molecule has 4 amide bonds. The first-order valence-corrected chi connectivity index (χ1v) is 33.0. The van der Waals surface area contributed by atoms with Crippen LogP contribution in [0.3, 0.4) is 0 Å². The number of H-pyrrole nitrogens is 2. The van der Waals surface area contributed by atoms with Gasteiger partial charge in [-0.1, -0.05) is 64.1 Å². The standard InChI is InChI=1S/C71H94F2N12O6/c1-46-36-82(42-63(87)84-44-70(3,4)65-60(84)32-54(67(89)76-65)29-48-11-17-56(72)18-12-48)58(34-74-46)40-80-25-21-51(22-26-80)38-78(7)62(86)31-50-9-15-53(16-10-50)69(91)79(8)39-52-23-27-81(28-24-52)41-59-35-75-47(2)37-83(59)43-64(88)85-45-71(5,6)66-61(85)33-55(68(90)77-66)30-49-13-19-57(73)20-14-49/h9-20,32-33,46-47,51-52,58-59,74-75H,21-31,34-45H2,1-8H3,(H,76,89)(H,77,90)/t46-,47-,58-,59-/m1/s1. The van der Waals surface area contributed by atoms with Gasteiger partial charge in [-0.05, 0) is 143 Å². The van der Waals surface area contributed by atoms with Crippen LogP contribution in [-0.2, 0) is 44.5 Å². The van der Waals surface area contributed by atoms with Crippen LogP contribution in [-0.4, -0.2) is 206 Å². The summed E-state index contributed by atoms with van der Waals surface area (Å²) in [5.74, 6) is 0.0971. The molecule has 0 bridgehead atoms. The largest absolute Gasteiger partial charge is 0.345 e. The first-order valence-electron chi connectivity index (χ1n) is 33.0. The molecule has 0 radical (unpaired) electrons. The van der Waals surface area contributed by atoms with Gasteiger partial charge in [0.05, 0.1) is 30.9 Å². The number of halogens is 2. The van der Waals surface area contributed by atoms with Gasteiger partial charge in [-0.15, -0.1) is 0 Å². The van der Waals surface area contributed by atoms with Crippen molar-refractivity contribution in [2.24, 2.45) is 11.8 Å². The van der Waals surface area contributed by atoms with E-state index in [1.54, 1.807) is 24.3 Å². The van der Waals surface area contributed by atoms with Gasteiger partial charge >= 0.3 is 0 Å². The molecule has 11 rings (SSSR count). The molecule has 0 unspecified atom stereocenters. The maximum absolute atomic E-state index is 14.4. The van der Waals surface area contributed by atoms with Crippen molar-refractivity contribution in [2.45, 2.75) is 121 Å². The molecule has 4 atom stereocenters. The van der Waals surface area contributed by atoms with Crippen molar-refractivity contribution in [3.8, 4) is 0 Å². The SMILES string of the molecule is C[C@@H]1CN(CC(=O)N2CC(C)(C)c3[nH]c(=O)c(Cc4ccc(F)cc4)cc32)[C@@H](CN2CCC(CN(C)C(=O)Cc3ccc(C(=O)N(C)CC4CCN(C[C@H]5CN[C@H](C)CN5CC(=O)N5CC(C)(C)c6[nH]c(=O)c(Cc7ccc(F)cc7)cc65)CC4)cc3)CC2)CN1. The van der Waals surface area contributed by atoms with E-state index in [4.69, 9.17) is 0 Å². The molecule has 0 saturated carbocycles. The zero-order valence-corrected chi connectivity index (χ0v) is 54.6. The Morgan fingerprint density at radius 1 is 0.560 bits per heavy atom. The van der Waals surface area contributed by atoms with E-state index in [-0.39, 0.29) is 90.1 Å². The number of aromatic amines is 2. The molecule has 20 heteroatoms. The Bertz CT molecular complexity index is 3540. The summed E-state index contributed by atoms with van der Waals surface area (Å²) < 4.78 is 27.3. The Balaban J connectivity index is 0.602. The van der Waals surface area contributed by atoms with Crippen LogP contribution in [0.4, 0.5) is 20.2 Å². The summed E-state index contributed by atoms with van der Waals surface area (Å²) in [6.45, 7) is 23.6. The third-order valence-electron chi connectivity index (χ3n) is 20.3. The lowest BCUT2D eigenvalue weighted by molar-refractivity contribution is -0.130. The van der Waals surface area contributed by atoms with Crippen LogP contribution in [0.25, 0.3) is 0 Å². The molecule has 488 valence electrons. The smallest absolute Gasteiger partial charge is 0.253 e. The van der Waals surface area contributed by atoms with Gasteiger partial charge in [0, 0.05) is 155 Å². The molecule has 18 nitrogen and oxygen atoms in total. The molecule has 6 aliphatic rings. The van der Waals surface area contributed by atoms with Gasteiger partial charge in [-0.25, -0.2) is 8.78 Å². The molecule has 8 heterocycles. The number of benzene rings is 3. The van der Waals surface area contributed by atoms with E-state index in [1.807, 2.05) is 70.1 Å². The number of piperazine rings is 2. The average Bonchev–Trinajstić information content (AvgIpc) is 1.63. The maximum Gasteiger partial charge on any atom is 0.253 e. The predicted octanol–water partition coefficient (Wildman–Crippen LogP) is 5.99. The van der Waals surface area contributed by atoms with Gasteiger partial charge in [-0.3, -0.25) is 38.6 Å². The molecule has 91 heavy (non-hydrogen) atoms. The van der Waals surface area contributed by atoms with Crippen molar-refractivity contribution in [2.75, 3.05) is 129 Å². The molecule has 2 aromatic heterocycles. The number of hydrogen-bond donors (Lipinski definition) is 4. The zero-order chi connectivity index (χ0) is 64.5. The number of pyridine rings is 2. The van der Waals surface area contributed by atoms with E-state index in [0.717, 1.165) is 131 Å². The van der Waals surface area contributed by atoms with E-state index < -0.39 is 10.8 Å². The number of nitrogens with one attached hydrogen (secondary N) is 4. The highest BCUT2D eigenvalue weighted by atomic mass is 19.1. The fourth-order valence-electron chi connectivity index (χ4n) is 14.9. The highest BCUT2D eigenvalue weighted by molar-refractivity contribution is 5.98. The molecule has 4 N–H and O–H groups in total. The minimum Gasteiger partial charge on any atom is -0.345 e. The van der Waals surface area contributed by atoms with Crippen molar-refractivity contribution in [1.29, 1.82) is 0 Å². The van der Waals surface area contributed by atoms with E-state index in [2.05, 4.69) is 81.7 Å². The number of piperidine rings is 2. The van der Waals surface area contributed by atoms with Crippen LogP contribution in [0.5, 0.6) is 0 Å². The maximum atomic E-state index is 14.4. The molecule has 4 fully saturated rings. The number of likely N-dealkylation sites (N-methyl/N-ethyl adjacent to an activating group) is 1. The van der Waals surface area contributed by atoms with Gasteiger partial charge < -0.3 is 50.0 Å². The van der Waals surface area contributed by atoms with E-state index in [1.165, 1.54) is 24.3 Å². The number of rotatable bonds is 19. The Morgan fingerprint density at radius 3 is 1.37 bits per heavy atom. The topological polar surface area (TPSA) is 184 Å². The van der Waals surface area contributed by atoms with Crippen molar-refractivity contribution < 1.29 is 28.0 Å². The first-order chi connectivity index (χ1) is 43.4. The van der Waals surface area contributed by atoms with E-state index in [9.17, 15) is 37.5 Å². The Kier molecular flexibility index (Phi) is 20.0. The predicted molar refractivity (Wildman–Crippen MR) is 352 cm³/mol. The van der Waals surface area contributed by atoms with Crippen molar-refractivity contribution in [1.82, 2.24) is 50.0 Å². The molecular weight excluding hydrogens is 1150 g/mol. The summed E-state index contributed by atoms with van der Waals surface area (Å²) in [5, 5.41) is 7.30. The number of fused-ring (bicyclic) bond motifs is 2. The van der Waals surface area contributed by atoms with Gasteiger partial charge in [0.15, 0.2) is 0 Å². The minimum absolute atomic E-state index is 0.00329. The molecule has 4 saturated heterocycles. The van der Waals surface area contributed by atoms with E-state index in [0.29, 0.717) is 67.5 Å². The normalized spacial score (nSPS) is 22.4. The lowest BCUT2D eigenvalue weighted by atomic mass is 9.91. The summed E-state index contributed by atoms with van der Waals surface area (Å²) in [4.78, 5) is 106. The summed E-state index contributed by atoms with van der Waals surface area (Å²) >= 11 is 0. The Morgan fingerprint density at radius 2 is 0.956 bits per heavy atom. The highest BCUT2D eigenvalue weighted by Gasteiger charge is 2.43. The third-order valence-corrected chi connectivity index (χ3v) is 20.3. The van der Waals surface area contributed by atoms with Crippen LogP contribution in [0.1, 0.15) is 117 Å². The molecule has 6 aliphatic heterocycles. The second-order valence-corrected chi connectivity index (χ2v) is 28.7. The van der Waals surface area contributed by atoms with Crippen molar-refractivity contribution in [3.63, 3.8) is 0 Å². The molecular formula is C71H94F2N12O6. The number of carbonyl (C=O) groups excluding carboxylic acids is 4. The fraction of sp³-hybridized carbons (Fsp3) is 0.549. The van der Waals surface area contributed by atoms with Crippen molar-refractivity contribution >= 4 is 35.0 Å². The number of nitrogens with zero attached hydrogens (tertiary/aromatic N) is 8. The summed E-state index contributed by atoms with van der Waals surface area (Å²) in [5.41, 5.74) is 5.94. The number of anilines is 2. The van der Waals surface area contributed by atoms with Gasteiger partial charge in [0.2, 0.25) is 17.7 Å². The zero-order valence-electron chi connectivity index (χ0n) is 54.6. The third kappa shape index (κ3) is 15.6. The first kappa shape index (κ1) is 65.5. The van der Waals surface area contributed by atoms with Gasteiger partial charge in [0.25, 0.3) is 17.0 Å². The average molecular weight is 1250 g/mol. The van der Waals surface area contributed by atoms with Crippen LogP contribution in [0.15, 0.2) is 94.5 Å². The fourth-order valence-corrected chi connectivity index (χ4v) is 14.9. The summed E-state index contributed by atoms with van der Waals surface area (Å²) in [6.07, 6.45) is 4.80. The van der Waals surface area contributed by atoms with Crippen molar-refractivity contribution in [3.05, 3.63) is 162 Å². The Labute approximate surface area is 534 Å². The summed E-state index contributed by atoms with van der Waals surface area (Å²) in [7, 11) is 3.77. The lowest BCUT2D eigenvalue weighted by Gasteiger charge is -2.43.